The van der Waals surface area contributed by atoms with Crippen LogP contribution in [0.4, 0.5) is 0 Å². The minimum atomic E-state index is -0.132. The summed E-state index contributed by atoms with van der Waals surface area (Å²) in [7, 11) is 0. The van der Waals surface area contributed by atoms with Gasteiger partial charge in [0.05, 0.1) is 5.56 Å². The first-order chi connectivity index (χ1) is 9.65. The molecule has 1 amide bonds. The van der Waals surface area contributed by atoms with E-state index in [0.29, 0.717) is 17.1 Å². The molecule has 0 radical (unpaired) electrons. The summed E-state index contributed by atoms with van der Waals surface area (Å²) in [4.78, 5) is 14.4. The van der Waals surface area contributed by atoms with E-state index in [1.54, 1.807) is 23.5 Å². The third-order valence-electron chi connectivity index (χ3n) is 3.37. The molecule has 1 saturated carbocycles. The number of phenolic OH excluding ortho intramolecular Hbond substituents is 1. The number of hydrogen-bond donors (Lipinski definition) is 1. The molecule has 20 heavy (non-hydrogen) atoms. The van der Waals surface area contributed by atoms with E-state index in [-0.39, 0.29) is 17.7 Å². The van der Waals surface area contributed by atoms with Gasteiger partial charge < -0.3 is 10.0 Å². The number of benzene rings is 1. The van der Waals surface area contributed by atoms with Gasteiger partial charge in [-0.1, -0.05) is 11.6 Å². The molecule has 1 aromatic carbocycles. The van der Waals surface area contributed by atoms with Crippen LogP contribution in [0.5, 0.6) is 5.75 Å². The average Bonchev–Trinajstić information content (AvgIpc) is 3.12. The maximum absolute atomic E-state index is 12.6. The van der Waals surface area contributed by atoms with Gasteiger partial charge in [-0.3, -0.25) is 4.79 Å². The summed E-state index contributed by atoms with van der Waals surface area (Å²) in [6, 6.07) is 6.93. The van der Waals surface area contributed by atoms with Crippen LogP contribution in [0.1, 0.15) is 28.8 Å². The number of aromatic hydroxyl groups is 1. The number of amides is 1. The standard InChI is InChI=1S/C15H14ClNO2S/c16-11-1-4-13(14(18)7-11)15(19)17(12-2-3-12)8-10-5-6-20-9-10/h1,4-7,9,12,18H,2-3,8H2. The lowest BCUT2D eigenvalue weighted by atomic mass is 10.1. The van der Waals surface area contributed by atoms with Crippen molar-refractivity contribution in [2.75, 3.05) is 0 Å². The van der Waals surface area contributed by atoms with Crippen LogP contribution < -0.4 is 0 Å². The molecule has 0 spiro atoms. The number of carbonyl (C=O) groups excluding carboxylic acids is 1. The number of phenols is 1. The largest absolute Gasteiger partial charge is 0.507 e. The highest BCUT2D eigenvalue weighted by Gasteiger charge is 2.34. The van der Waals surface area contributed by atoms with Gasteiger partial charge in [0.15, 0.2) is 0 Å². The lowest BCUT2D eigenvalue weighted by Crippen LogP contribution is -2.32. The van der Waals surface area contributed by atoms with Crippen LogP contribution in [0.3, 0.4) is 0 Å². The Morgan fingerprint density at radius 2 is 2.20 bits per heavy atom. The molecule has 0 bridgehead atoms. The molecule has 2 aromatic rings. The van der Waals surface area contributed by atoms with Crippen molar-refractivity contribution in [3.63, 3.8) is 0 Å². The summed E-state index contributed by atoms with van der Waals surface area (Å²) in [6.07, 6.45) is 2.06. The van der Waals surface area contributed by atoms with E-state index < -0.39 is 0 Å². The van der Waals surface area contributed by atoms with Crippen molar-refractivity contribution in [2.45, 2.75) is 25.4 Å². The van der Waals surface area contributed by atoms with E-state index in [1.165, 1.54) is 6.07 Å². The Bertz CT molecular complexity index is 623. The molecule has 0 atom stereocenters. The summed E-state index contributed by atoms with van der Waals surface area (Å²) in [5.41, 5.74) is 1.44. The molecule has 0 unspecified atom stereocenters. The molecule has 0 aliphatic heterocycles. The Labute approximate surface area is 126 Å². The van der Waals surface area contributed by atoms with Crippen molar-refractivity contribution in [2.24, 2.45) is 0 Å². The van der Waals surface area contributed by atoms with Crippen molar-refractivity contribution in [3.8, 4) is 5.75 Å². The zero-order valence-electron chi connectivity index (χ0n) is 10.8. The van der Waals surface area contributed by atoms with Crippen LogP contribution in [-0.4, -0.2) is 22.0 Å². The summed E-state index contributed by atoms with van der Waals surface area (Å²) < 4.78 is 0. The van der Waals surface area contributed by atoms with Gasteiger partial charge in [-0.05, 0) is 53.4 Å². The van der Waals surface area contributed by atoms with Gasteiger partial charge in [0.1, 0.15) is 5.75 Å². The first kappa shape index (κ1) is 13.5. The molecule has 0 saturated heterocycles. The van der Waals surface area contributed by atoms with Crippen LogP contribution in [0.2, 0.25) is 5.02 Å². The normalized spacial score (nSPS) is 14.2. The highest BCUT2D eigenvalue weighted by molar-refractivity contribution is 7.07. The third-order valence-corrected chi connectivity index (χ3v) is 4.34. The molecular weight excluding hydrogens is 294 g/mol. The SMILES string of the molecule is O=C(c1ccc(Cl)cc1O)N(Cc1ccsc1)C1CC1. The van der Waals surface area contributed by atoms with Gasteiger partial charge in [0, 0.05) is 17.6 Å². The zero-order valence-corrected chi connectivity index (χ0v) is 12.3. The van der Waals surface area contributed by atoms with Gasteiger partial charge in [0.2, 0.25) is 0 Å². The Balaban J connectivity index is 1.85. The first-order valence-electron chi connectivity index (χ1n) is 6.45. The summed E-state index contributed by atoms with van der Waals surface area (Å²) >= 11 is 7.43. The lowest BCUT2D eigenvalue weighted by molar-refractivity contribution is 0.0727. The molecule has 5 heteroatoms. The number of carbonyl (C=O) groups is 1. The smallest absolute Gasteiger partial charge is 0.258 e. The molecule has 3 rings (SSSR count). The van der Waals surface area contributed by atoms with Crippen molar-refractivity contribution < 1.29 is 9.90 Å². The maximum Gasteiger partial charge on any atom is 0.258 e. The molecule has 104 valence electrons. The number of thiophene rings is 1. The molecule has 1 heterocycles. The minimum absolute atomic E-state index is 0.0570. The van der Waals surface area contributed by atoms with Gasteiger partial charge in [-0.15, -0.1) is 0 Å². The molecule has 1 aromatic heterocycles. The third kappa shape index (κ3) is 2.81. The molecule has 1 aliphatic carbocycles. The Hall–Kier alpha value is -1.52. The molecule has 1 fully saturated rings. The second-order valence-electron chi connectivity index (χ2n) is 4.96. The first-order valence-corrected chi connectivity index (χ1v) is 7.78. The van der Waals surface area contributed by atoms with Crippen molar-refractivity contribution in [1.29, 1.82) is 0 Å². The summed E-state index contributed by atoms with van der Waals surface area (Å²) in [5, 5.41) is 14.4. The summed E-state index contributed by atoms with van der Waals surface area (Å²) in [6.45, 7) is 0.592. The zero-order chi connectivity index (χ0) is 14.1. The quantitative estimate of drug-likeness (QED) is 0.930. The van der Waals surface area contributed by atoms with Crippen LogP contribution in [0, 0.1) is 0 Å². The van der Waals surface area contributed by atoms with Gasteiger partial charge >= 0.3 is 0 Å². The van der Waals surface area contributed by atoms with E-state index in [1.807, 2.05) is 21.7 Å². The number of halogens is 1. The molecular formula is C15H14ClNO2S. The van der Waals surface area contributed by atoms with E-state index in [9.17, 15) is 9.90 Å². The predicted molar refractivity (Wildman–Crippen MR) is 80.3 cm³/mol. The lowest BCUT2D eigenvalue weighted by Gasteiger charge is -2.22. The minimum Gasteiger partial charge on any atom is -0.507 e. The van der Waals surface area contributed by atoms with Crippen LogP contribution in [0.15, 0.2) is 35.0 Å². The van der Waals surface area contributed by atoms with Crippen LogP contribution in [0.25, 0.3) is 0 Å². The summed E-state index contributed by atoms with van der Waals surface area (Å²) in [5.74, 6) is -0.189. The van der Waals surface area contributed by atoms with E-state index in [2.05, 4.69) is 0 Å². The fraction of sp³-hybridized carbons (Fsp3) is 0.267. The topological polar surface area (TPSA) is 40.5 Å². The van der Waals surface area contributed by atoms with Gasteiger partial charge in [0.25, 0.3) is 5.91 Å². The highest BCUT2D eigenvalue weighted by atomic mass is 35.5. The van der Waals surface area contributed by atoms with E-state index in [4.69, 9.17) is 11.6 Å². The highest BCUT2D eigenvalue weighted by Crippen LogP contribution is 2.32. The monoisotopic (exact) mass is 307 g/mol. The Kier molecular flexibility index (Phi) is 3.68. The Morgan fingerprint density at radius 3 is 2.80 bits per heavy atom. The second-order valence-corrected chi connectivity index (χ2v) is 6.17. The van der Waals surface area contributed by atoms with Crippen molar-refractivity contribution in [3.05, 3.63) is 51.2 Å². The molecule has 3 nitrogen and oxygen atoms in total. The number of nitrogens with zero attached hydrogens (tertiary/aromatic N) is 1. The predicted octanol–water partition coefficient (Wildman–Crippen LogP) is 3.91. The number of hydrogen-bond acceptors (Lipinski definition) is 3. The van der Waals surface area contributed by atoms with E-state index >= 15 is 0 Å². The van der Waals surface area contributed by atoms with Crippen molar-refractivity contribution >= 4 is 28.8 Å². The average molecular weight is 308 g/mol. The fourth-order valence-corrected chi connectivity index (χ4v) is 3.00. The maximum atomic E-state index is 12.6. The van der Waals surface area contributed by atoms with Gasteiger partial charge in [-0.2, -0.15) is 11.3 Å². The molecule has 1 N–H and O–H groups in total. The van der Waals surface area contributed by atoms with Gasteiger partial charge in [-0.25, -0.2) is 0 Å². The fourth-order valence-electron chi connectivity index (χ4n) is 2.17. The Morgan fingerprint density at radius 1 is 1.40 bits per heavy atom. The number of rotatable bonds is 4. The van der Waals surface area contributed by atoms with Crippen LogP contribution in [-0.2, 0) is 6.54 Å². The van der Waals surface area contributed by atoms with E-state index in [0.717, 1.165) is 18.4 Å². The van der Waals surface area contributed by atoms with Crippen LogP contribution >= 0.6 is 22.9 Å². The van der Waals surface area contributed by atoms with Crippen molar-refractivity contribution in [1.82, 2.24) is 4.90 Å². The second kappa shape index (κ2) is 5.46. The molecule has 1 aliphatic rings.